The molecule has 2 heteroatoms. The summed E-state index contributed by atoms with van der Waals surface area (Å²) in [5, 5.41) is 0. The Bertz CT molecular complexity index is 281. The fourth-order valence-corrected chi connectivity index (χ4v) is 1.40. The quantitative estimate of drug-likeness (QED) is 0.719. The Morgan fingerprint density at radius 3 is 2.54 bits per heavy atom. The third kappa shape index (κ3) is 2.14. The Kier molecular flexibility index (Phi) is 2.13. The van der Waals surface area contributed by atoms with Crippen molar-refractivity contribution in [3.63, 3.8) is 0 Å². The fraction of sp³-hybridized carbons (Fsp3) is 0.455. The Morgan fingerprint density at radius 1 is 1.38 bits per heavy atom. The number of benzene rings is 1. The van der Waals surface area contributed by atoms with Gasteiger partial charge in [-0.2, -0.15) is 0 Å². The molecule has 0 unspecified atom stereocenters. The normalized spacial score (nSPS) is 25.6. The summed E-state index contributed by atoms with van der Waals surface area (Å²) in [4.78, 5) is 0. The van der Waals surface area contributed by atoms with Gasteiger partial charge in [-0.1, -0.05) is 6.92 Å². The predicted octanol–water partition coefficient (Wildman–Crippen LogP) is 2.30. The number of rotatable bonds is 3. The van der Waals surface area contributed by atoms with Crippen molar-refractivity contribution in [1.29, 1.82) is 0 Å². The minimum absolute atomic E-state index is 0.776. The molecule has 13 heavy (non-hydrogen) atoms. The summed E-state index contributed by atoms with van der Waals surface area (Å²) in [5.41, 5.74) is 6.35. The van der Waals surface area contributed by atoms with Crippen molar-refractivity contribution in [2.45, 2.75) is 13.3 Å². The van der Waals surface area contributed by atoms with E-state index in [2.05, 4.69) is 6.92 Å². The minimum atomic E-state index is 0.776. The van der Waals surface area contributed by atoms with E-state index in [1.54, 1.807) is 0 Å². The molecule has 2 rings (SSSR count). The fourth-order valence-electron chi connectivity index (χ4n) is 1.40. The van der Waals surface area contributed by atoms with Crippen molar-refractivity contribution in [1.82, 2.24) is 0 Å². The zero-order valence-electron chi connectivity index (χ0n) is 7.86. The molecule has 70 valence electrons. The van der Waals surface area contributed by atoms with Crippen LogP contribution >= 0.6 is 0 Å². The maximum Gasteiger partial charge on any atom is 0.119 e. The molecule has 0 spiro atoms. The highest BCUT2D eigenvalue weighted by Crippen LogP contribution is 2.37. The van der Waals surface area contributed by atoms with E-state index in [1.807, 2.05) is 24.3 Å². The van der Waals surface area contributed by atoms with E-state index in [0.29, 0.717) is 0 Å². The summed E-state index contributed by atoms with van der Waals surface area (Å²) in [7, 11) is 0. The van der Waals surface area contributed by atoms with Crippen LogP contribution in [0.2, 0.25) is 0 Å². The molecule has 1 aliphatic rings. The SMILES string of the molecule is C[C@H]1C[C@H]1COc1ccc(N)cc1. The van der Waals surface area contributed by atoms with Crippen molar-refractivity contribution >= 4 is 5.69 Å². The average Bonchev–Trinajstić information content (AvgIpc) is 2.81. The molecule has 1 aromatic carbocycles. The molecular weight excluding hydrogens is 162 g/mol. The largest absolute Gasteiger partial charge is 0.493 e. The Balaban J connectivity index is 1.84. The van der Waals surface area contributed by atoms with Gasteiger partial charge in [-0.05, 0) is 42.5 Å². The minimum Gasteiger partial charge on any atom is -0.493 e. The van der Waals surface area contributed by atoms with Gasteiger partial charge in [-0.3, -0.25) is 0 Å². The van der Waals surface area contributed by atoms with Gasteiger partial charge in [0.15, 0.2) is 0 Å². The molecule has 1 aliphatic carbocycles. The molecular formula is C11H15NO. The number of anilines is 1. The van der Waals surface area contributed by atoms with E-state index in [-0.39, 0.29) is 0 Å². The van der Waals surface area contributed by atoms with Crippen molar-refractivity contribution < 1.29 is 4.74 Å². The lowest BCUT2D eigenvalue weighted by atomic mass is 10.3. The molecule has 0 bridgehead atoms. The van der Waals surface area contributed by atoms with E-state index in [9.17, 15) is 0 Å². The average molecular weight is 177 g/mol. The number of hydrogen-bond acceptors (Lipinski definition) is 2. The lowest BCUT2D eigenvalue weighted by Gasteiger charge is -2.04. The first-order valence-corrected chi connectivity index (χ1v) is 4.74. The molecule has 0 saturated heterocycles. The van der Waals surface area contributed by atoms with Gasteiger partial charge in [0.25, 0.3) is 0 Å². The monoisotopic (exact) mass is 177 g/mol. The predicted molar refractivity (Wildman–Crippen MR) is 53.6 cm³/mol. The van der Waals surface area contributed by atoms with Crippen LogP contribution in [0.1, 0.15) is 13.3 Å². The van der Waals surface area contributed by atoms with E-state index in [0.717, 1.165) is 29.9 Å². The maximum absolute atomic E-state index is 5.60. The molecule has 0 amide bonds. The van der Waals surface area contributed by atoms with Crippen LogP contribution in [0, 0.1) is 11.8 Å². The summed E-state index contributed by atoms with van der Waals surface area (Å²) in [6, 6.07) is 7.57. The Morgan fingerprint density at radius 2 is 2.00 bits per heavy atom. The summed E-state index contributed by atoms with van der Waals surface area (Å²) in [5.74, 6) is 2.56. The third-order valence-corrected chi connectivity index (χ3v) is 2.62. The second kappa shape index (κ2) is 3.29. The summed E-state index contributed by atoms with van der Waals surface area (Å²) >= 11 is 0. The van der Waals surface area contributed by atoms with Crippen LogP contribution in [0.25, 0.3) is 0 Å². The highest BCUT2D eigenvalue weighted by atomic mass is 16.5. The molecule has 0 radical (unpaired) electrons. The summed E-state index contributed by atoms with van der Waals surface area (Å²) in [6.45, 7) is 3.11. The van der Waals surface area contributed by atoms with Gasteiger partial charge in [0.2, 0.25) is 0 Å². The van der Waals surface area contributed by atoms with Crippen LogP contribution in [0.15, 0.2) is 24.3 Å². The first kappa shape index (κ1) is 8.42. The molecule has 1 fully saturated rings. The number of hydrogen-bond donors (Lipinski definition) is 1. The topological polar surface area (TPSA) is 35.2 Å². The van der Waals surface area contributed by atoms with Crippen LogP contribution in [0.4, 0.5) is 5.69 Å². The molecule has 1 saturated carbocycles. The van der Waals surface area contributed by atoms with E-state index in [1.165, 1.54) is 6.42 Å². The number of nitrogens with two attached hydrogens (primary N) is 1. The molecule has 2 nitrogen and oxygen atoms in total. The smallest absolute Gasteiger partial charge is 0.119 e. The van der Waals surface area contributed by atoms with Gasteiger partial charge in [0.1, 0.15) is 5.75 Å². The molecule has 1 aromatic rings. The summed E-state index contributed by atoms with van der Waals surface area (Å²) in [6.07, 6.45) is 1.31. The molecule has 0 aromatic heterocycles. The van der Waals surface area contributed by atoms with E-state index in [4.69, 9.17) is 10.5 Å². The van der Waals surface area contributed by atoms with Gasteiger partial charge in [-0.15, -0.1) is 0 Å². The van der Waals surface area contributed by atoms with Gasteiger partial charge >= 0.3 is 0 Å². The lowest BCUT2D eigenvalue weighted by molar-refractivity contribution is 0.293. The molecule has 2 N–H and O–H groups in total. The third-order valence-electron chi connectivity index (χ3n) is 2.62. The van der Waals surface area contributed by atoms with Crippen LogP contribution in [-0.2, 0) is 0 Å². The van der Waals surface area contributed by atoms with Crippen molar-refractivity contribution in [3.05, 3.63) is 24.3 Å². The first-order valence-electron chi connectivity index (χ1n) is 4.74. The number of ether oxygens (including phenoxy) is 1. The van der Waals surface area contributed by atoms with Crippen LogP contribution in [0.5, 0.6) is 5.75 Å². The van der Waals surface area contributed by atoms with Crippen LogP contribution in [-0.4, -0.2) is 6.61 Å². The summed E-state index contributed by atoms with van der Waals surface area (Å²) < 4.78 is 5.60. The standard InChI is InChI=1S/C11H15NO/c1-8-6-9(8)7-13-11-4-2-10(12)3-5-11/h2-5,8-9H,6-7,12H2,1H3/t8-,9-/m0/s1. The van der Waals surface area contributed by atoms with E-state index >= 15 is 0 Å². The Labute approximate surface area is 78.7 Å². The van der Waals surface area contributed by atoms with Crippen molar-refractivity contribution in [3.8, 4) is 5.75 Å². The van der Waals surface area contributed by atoms with Gasteiger partial charge in [0, 0.05) is 5.69 Å². The zero-order chi connectivity index (χ0) is 9.26. The molecule has 2 atom stereocenters. The zero-order valence-corrected chi connectivity index (χ0v) is 7.86. The Hall–Kier alpha value is -1.18. The van der Waals surface area contributed by atoms with Crippen molar-refractivity contribution in [2.24, 2.45) is 11.8 Å². The molecule has 0 aliphatic heterocycles. The van der Waals surface area contributed by atoms with Gasteiger partial charge in [-0.25, -0.2) is 0 Å². The van der Waals surface area contributed by atoms with E-state index < -0.39 is 0 Å². The lowest BCUT2D eigenvalue weighted by Crippen LogP contribution is -2.00. The van der Waals surface area contributed by atoms with Crippen molar-refractivity contribution in [2.75, 3.05) is 12.3 Å². The second-order valence-corrected chi connectivity index (χ2v) is 3.85. The van der Waals surface area contributed by atoms with Gasteiger partial charge in [0.05, 0.1) is 6.61 Å². The van der Waals surface area contributed by atoms with Gasteiger partial charge < -0.3 is 10.5 Å². The first-order chi connectivity index (χ1) is 6.25. The molecule has 0 heterocycles. The highest BCUT2D eigenvalue weighted by molar-refractivity contribution is 5.41. The van der Waals surface area contributed by atoms with Crippen LogP contribution in [0.3, 0.4) is 0 Å². The van der Waals surface area contributed by atoms with Crippen LogP contribution < -0.4 is 10.5 Å². The highest BCUT2D eigenvalue weighted by Gasteiger charge is 2.32. The second-order valence-electron chi connectivity index (χ2n) is 3.85. The maximum atomic E-state index is 5.60. The number of nitrogen functional groups attached to an aromatic ring is 1.